The average Bonchev–Trinajstić information content (AvgIpc) is 3.34. The second-order valence-corrected chi connectivity index (χ2v) is 9.00. The highest BCUT2D eigenvalue weighted by atomic mass is 16.2. The summed E-state index contributed by atoms with van der Waals surface area (Å²) in [5.41, 5.74) is 5.70. The van der Waals surface area contributed by atoms with Crippen LogP contribution in [0.15, 0.2) is 48.5 Å². The maximum atomic E-state index is 12.9. The SMILES string of the molecule is CN(C[C@@H]1CCN(C(=O)C2CC2)C1)C(=O)c1ccc(-c2ccc3c(c2)CC=C3)cc1. The fraction of sp³-hybridized carbons (Fsp3) is 0.385. The van der Waals surface area contributed by atoms with E-state index in [0.29, 0.717) is 23.9 Å². The van der Waals surface area contributed by atoms with Crippen LogP contribution in [0.25, 0.3) is 17.2 Å². The van der Waals surface area contributed by atoms with Crippen LogP contribution in [0, 0.1) is 11.8 Å². The molecule has 0 bridgehead atoms. The van der Waals surface area contributed by atoms with Crippen molar-refractivity contribution < 1.29 is 9.59 Å². The van der Waals surface area contributed by atoms with E-state index in [0.717, 1.165) is 44.3 Å². The van der Waals surface area contributed by atoms with Crippen LogP contribution in [0.3, 0.4) is 0 Å². The molecule has 2 fully saturated rings. The second-order valence-electron chi connectivity index (χ2n) is 9.00. The van der Waals surface area contributed by atoms with Crippen molar-refractivity contribution in [3.05, 3.63) is 65.2 Å². The standard InChI is InChI=1S/C26H28N2O2/c1-27(16-18-13-14-28(17-18)26(30)22-10-11-22)25(29)21-8-5-20(6-9-21)24-12-7-19-3-2-4-23(19)15-24/h2-3,5-9,12,15,18,22H,4,10-11,13-14,16-17H2,1H3/t18-/m0/s1. The molecule has 30 heavy (non-hydrogen) atoms. The number of hydrogen-bond acceptors (Lipinski definition) is 2. The summed E-state index contributed by atoms with van der Waals surface area (Å²) in [4.78, 5) is 29.0. The van der Waals surface area contributed by atoms with Gasteiger partial charge in [0.25, 0.3) is 5.91 Å². The first-order valence-electron chi connectivity index (χ1n) is 11.0. The van der Waals surface area contributed by atoms with Crippen molar-refractivity contribution in [1.29, 1.82) is 0 Å². The summed E-state index contributed by atoms with van der Waals surface area (Å²) in [6, 6.07) is 14.5. The molecule has 1 saturated carbocycles. The highest BCUT2D eigenvalue weighted by Crippen LogP contribution is 2.33. The summed E-state index contributed by atoms with van der Waals surface area (Å²) < 4.78 is 0. The molecular formula is C26H28N2O2. The number of carbonyl (C=O) groups excluding carboxylic acids is 2. The molecule has 2 amide bonds. The predicted octanol–water partition coefficient (Wildman–Crippen LogP) is 4.25. The van der Waals surface area contributed by atoms with Gasteiger partial charge in [0, 0.05) is 38.2 Å². The Kier molecular flexibility index (Phi) is 4.93. The largest absolute Gasteiger partial charge is 0.342 e. The van der Waals surface area contributed by atoms with Gasteiger partial charge in [-0.3, -0.25) is 9.59 Å². The fourth-order valence-corrected chi connectivity index (χ4v) is 4.70. The maximum Gasteiger partial charge on any atom is 0.253 e. The van der Waals surface area contributed by atoms with Crippen molar-refractivity contribution in [2.45, 2.75) is 25.7 Å². The lowest BCUT2D eigenvalue weighted by Crippen LogP contribution is -2.34. The van der Waals surface area contributed by atoms with Gasteiger partial charge in [-0.15, -0.1) is 0 Å². The zero-order valence-corrected chi connectivity index (χ0v) is 17.5. The zero-order valence-electron chi connectivity index (χ0n) is 17.5. The molecule has 2 aliphatic carbocycles. The van der Waals surface area contributed by atoms with Crippen LogP contribution < -0.4 is 0 Å². The molecule has 5 rings (SSSR count). The van der Waals surface area contributed by atoms with Crippen LogP contribution in [0.4, 0.5) is 0 Å². The van der Waals surface area contributed by atoms with Gasteiger partial charge >= 0.3 is 0 Å². The Bertz CT molecular complexity index is 1000. The highest BCUT2D eigenvalue weighted by molar-refractivity contribution is 5.94. The molecule has 4 heteroatoms. The van der Waals surface area contributed by atoms with E-state index in [4.69, 9.17) is 0 Å². The van der Waals surface area contributed by atoms with Gasteiger partial charge in [-0.05, 0) is 66.0 Å². The molecule has 1 saturated heterocycles. The molecule has 0 aromatic heterocycles. The van der Waals surface area contributed by atoms with Gasteiger partial charge in [-0.2, -0.15) is 0 Å². The van der Waals surface area contributed by atoms with E-state index in [-0.39, 0.29) is 11.8 Å². The summed E-state index contributed by atoms with van der Waals surface area (Å²) >= 11 is 0. The number of fused-ring (bicyclic) bond motifs is 1. The van der Waals surface area contributed by atoms with Gasteiger partial charge in [-0.1, -0.05) is 42.5 Å². The van der Waals surface area contributed by atoms with Crippen LogP contribution in [-0.2, 0) is 11.2 Å². The molecular weight excluding hydrogens is 372 g/mol. The molecule has 1 heterocycles. The first-order valence-corrected chi connectivity index (χ1v) is 11.0. The number of amides is 2. The molecule has 1 aliphatic heterocycles. The van der Waals surface area contributed by atoms with E-state index >= 15 is 0 Å². The third kappa shape index (κ3) is 3.79. The molecule has 2 aromatic carbocycles. The lowest BCUT2D eigenvalue weighted by atomic mass is 9.99. The Balaban J connectivity index is 1.20. The van der Waals surface area contributed by atoms with Crippen molar-refractivity contribution >= 4 is 17.9 Å². The molecule has 1 atom stereocenters. The summed E-state index contributed by atoms with van der Waals surface area (Å²) in [6.45, 7) is 2.33. The summed E-state index contributed by atoms with van der Waals surface area (Å²) in [6.07, 6.45) is 8.45. The molecule has 0 unspecified atom stereocenters. The first-order chi connectivity index (χ1) is 14.6. The van der Waals surface area contributed by atoms with E-state index in [1.165, 1.54) is 16.7 Å². The third-order valence-electron chi connectivity index (χ3n) is 6.65. The zero-order chi connectivity index (χ0) is 20.7. The van der Waals surface area contributed by atoms with Crippen molar-refractivity contribution in [2.75, 3.05) is 26.7 Å². The van der Waals surface area contributed by atoms with E-state index in [1.807, 2.05) is 41.1 Å². The van der Waals surface area contributed by atoms with Crippen LogP contribution in [0.1, 0.15) is 40.7 Å². The van der Waals surface area contributed by atoms with Gasteiger partial charge in [0.2, 0.25) is 5.91 Å². The Labute approximate surface area is 178 Å². The minimum absolute atomic E-state index is 0.0478. The third-order valence-corrected chi connectivity index (χ3v) is 6.65. The van der Waals surface area contributed by atoms with Crippen LogP contribution in [0.5, 0.6) is 0 Å². The number of nitrogens with zero attached hydrogens (tertiary/aromatic N) is 2. The normalized spacial score (nSPS) is 19.8. The van der Waals surface area contributed by atoms with Crippen LogP contribution in [0.2, 0.25) is 0 Å². The number of carbonyl (C=O) groups is 2. The van der Waals surface area contributed by atoms with Crippen LogP contribution in [-0.4, -0.2) is 48.3 Å². The molecule has 3 aliphatic rings. The van der Waals surface area contributed by atoms with Gasteiger partial charge < -0.3 is 9.80 Å². The first kappa shape index (κ1) is 19.1. The van der Waals surface area contributed by atoms with Crippen molar-refractivity contribution in [2.24, 2.45) is 11.8 Å². The Morgan fingerprint density at radius 1 is 1.03 bits per heavy atom. The number of likely N-dealkylation sites (tertiary alicyclic amines) is 1. The molecule has 0 radical (unpaired) electrons. The maximum absolute atomic E-state index is 12.9. The van der Waals surface area contributed by atoms with Crippen molar-refractivity contribution in [3.8, 4) is 11.1 Å². The minimum Gasteiger partial charge on any atom is -0.342 e. The van der Waals surface area contributed by atoms with E-state index in [2.05, 4.69) is 30.4 Å². The van der Waals surface area contributed by atoms with Crippen molar-refractivity contribution in [3.63, 3.8) is 0 Å². The summed E-state index contributed by atoms with van der Waals surface area (Å²) in [5.74, 6) is 1.03. The van der Waals surface area contributed by atoms with Gasteiger partial charge in [0.1, 0.15) is 0 Å². The van der Waals surface area contributed by atoms with Crippen molar-refractivity contribution in [1.82, 2.24) is 9.80 Å². The quantitative estimate of drug-likeness (QED) is 0.753. The molecule has 2 aromatic rings. The lowest BCUT2D eigenvalue weighted by molar-refractivity contribution is -0.131. The minimum atomic E-state index is 0.0478. The van der Waals surface area contributed by atoms with Gasteiger partial charge in [0.15, 0.2) is 0 Å². The number of hydrogen-bond donors (Lipinski definition) is 0. The van der Waals surface area contributed by atoms with Gasteiger partial charge in [0.05, 0.1) is 0 Å². The monoisotopic (exact) mass is 400 g/mol. The fourth-order valence-electron chi connectivity index (χ4n) is 4.70. The lowest BCUT2D eigenvalue weighted by Gasteiger charge is -2.22. The Morgan fingerprint density at radius 3 is 2.57 bits per heavy atom. The molecule has 0 spiro atoms. The Morgan fingerprint density at radius 2 is 1.80 bits per heavy atom. The topological polar surface area (TPSA) is 40.6 Å². The van der Waals surface area contributed by atoms with E-state index in [9.17, 15) is 9.59 Å². The second kappa shape index (κ2) is 7.75. The van der Waals surface area contributed by atoms with Crippen LogP contribution >= 0.6 is 0 Å². The average molecular weight is 401 g/mol. The molecule has 0 N–H and O–H groups in total. The summed E-state index contributed by atoms with van der Waals surface area (Å²) in [5, 5.41) is 0. The van der Waals surface area contributed by atoms with Gasteiger partial charge in [-0.25, -0.2) is 0 Å². The Hall–Kier alpha value is -2.88. The number of benzene rings is 2. The highest BCUT2D eigenvalue weighted by Gasteiger charge is 2.36. The van der Waals surface area contributed by atoms with E-state index < -0.39 is 0 Å². The van der Waals surface area contributed by atoms with E-state index in [1.54, 1.807) is 0 Å². The smallest absolute Gasteiger partial charge is 0.253 e. The predicted molar refractivity (Wildman–Crippen MR) is 119 cm³/mol. The molecule has 154 valence electrons. The molecule has 4 nitrogen and oxygen atoms in total. The number of rotatable bonds is 5. The number of allylic oxidation sites excluding steroid dienone is 1. The summed E-state index contributed by atoms with van der Waals surface area (Å²) in [7, 11) is 1.87.